The first-order valence-electron chi connectivity index (χ1n) is 11.2. The van der Waals surface area contributed by atoms with Crippen LogP contribution < -0.4 is 0 Å². The van der Waals surface area contributed by atoms with Crippen molar-refractivity contribution in [2.75, 3.05) is 26.0 Å². The van der Waals surface area contributed by atoms with Gasteiger partial charge in [-0.1, -0.05) is 59.8 Å². The van der Waals surface area contributed by atoms with Gasteiger partial charge in [-0.15, -0.1) is 0 Å². The van der Waals surface area contributed by atoms with Gasteiger partial charge in [-0.05, 0) is 38.3 Å². The van der Waals surface area contributed by atoms with Crippen LogP contribution in [-0.4, -0.2) is 52.3 Å². The van der Waals surface area contributed by atoms with Gasteiger partial charge in [0.05, 0.1) is 36.4 Å². The highest BCUT2D eigenvalue weighted by Gasteiger charge is 2.28. The lowest BCUT2D eigenvalue weighted by atomic mass is 9.97. The van der Waals surface area contributed by atoms with Crippen molar-refractivity contribution in [3.8, 4) is 16.9 Å². The number of hydrogen-bond acceptors (Lipinski definition) is 5. The molecule has 0 radical (unpaired) electrons. The summed E-state index contributed by atoms with van der Waals surface area (Å²) in [5, 5.41) is 0.790. The lowest BCUT2D eigenvalue weighted by Crippen LogP contribution is -2.41. The number of methoxy groups -OCH3 is 1. The zero-order valence-corrected chi connectivity index (χ0v) is 20.1. The molecule has 0 atom stereocenters. The first-order chi connectivity index (χ1) is 16.0. The minimum atomic E-state index is -0.180. The number of esters is 1. The molecule has 7 heteroatoms. The first kappa shape index (κ1) is 23.1. The predicted octanol–water partition coefficient (Wildman–Crippen LogP) is 4.66. The lowest BCUT2D eigenvalue weighted by molar-refractivity contribution is -0.148. The Labute approximate surface area is 199 Å². The number of rotatable bonds is 6. The number of hydrogen-bond donors (Lipinski definition) is 0. The third-order valence-electron chi connectivity index (χ3n) is 6.10. The van der Waals surface area contributed by atoms with Gasteiger partial charge >= 0.3 is 5.97 Å². The number of aryl methyl sites for hydroxylation is 2. The molecule has 0 aliphatic carbocycles. The number of nitrogens with zero attached hydrogens (tertiary/aromatic N) is 3. The van der Waals surface area contributed by atoms with Crippen LogP contribution in [0.25, 0.3) is 16.9 Å². The maximum atomic E-state index is 12.9. The van der Waals surface area contributed by atoms with E-state index in [9.17, 15) is 9.59 Å². The van der Waals surface area contributed by atoms with Crippen LogP contribution in [0.3, 0.4) is 0 Å². The van der Waals surface area contributed by atoms with Crippen LogP contribution in [-0.2, 0) is 14.3 Å². The average molecular weight is 464 g/mol. The van der Waals surface area contributed by atoms with Crippen molar-refractivity contribution >= 4 is 23.6 Å². The van der Waals surface area contributed by atoms with Gasteiger partial charge in [0.15, 0.2) is 5.16 Å². The Kier molecular flexibility index (Phi) is 7.18. The molecule has 1 aromatic heterocycles. The summed E-state index contributed by atoms with van der Waals surface area (Å²) in [7, 11) is 1.41. The number of carbonyl (C=O) groups excluding carboxylic acids is 2. The minimum absolute atomic E-state index is 0.0692. The fourth-order valence-corrected chi connectivity index (χ4v) is 5.18. The first-order valence-corrected chi connectivity index (χ1v) is 12.2. The van der Waals surface area contributed by atoms with Gasteiger partial charge < -0.3 is 9.64 Å². The number of ether oxygens (including phenoxy) is 1. The van der Waals surface area contributed by atoms with Gasteiger partial charge in [0.25, 0.3) is 0 Å². The Balaban J connectivity index is 1.54. The second kappa shape index (κ2) is 10.3. The molecule has 172 valence electrons. The highest BCUT2D eigenvalue weighted by molar-refractivity contribution is 7.99. The maximum Gasteiger partial charge on any atom is 0.308 e. The number of benzene rings is 2. The van der Waals surface area contributed by atoms with E-state index >= 15 is 0 Å². The van der Waals surface area contributed by atoms with Crippen molar-refractivity contribution in [2.24, 2.45) is 5.92 Å². The Morgan fingerprint density at radius 3 is 2.48 bits per heavy atom. The number of aromatic nitrogens is 2. The molecule has 0 saturated carbocycles. The topological polar surface area (TPSA) is 64.4 Å². The van der Waals surface area contributed by atoms with Crippen LogP contribution in [0.2, 0.25) is 0 Å². The number of imidazole rings is 1. The maximum absolute atomic E-state index is 12.9. The summed E-state index contributed by atoms with van der Waals surface area (Å²) in [5.74, 6) is 0.0858. The van der Waals surface area contributed by atoms with Crippen molar-refractivity contribution in [3.63, 3.8) is 0 Å². The average Bonchev–Trinajstić information content (AvgIpc) is 3.26. The van der Waals surface area contributed by atoms with Gasteiger partial charge in [-0.25, -0.2) is 4.98 Å². The summed E-state index contributed by atoms with van der Waals surface area (Å²) < 4.78 is 6.99. The van der Waals surface area contributed by atoms with Crippen molar-refractivity contribution in [1.82, 2.24) is 14.5 Å². The summed E-state index contributed by atoms with van der Waals surface area (Å²) in [6, 6.07) is 16.6. The molecule has 1 amide bonds. The minimum Gasteiger partial charge on any atom is -0.469 e. The van der Waals surface area contributed by atoms with E-state index in [2.05, 4.69) is 53.7 Å². The van der Waals surface area contributed by atoms with Crippen molar-refractivity contribution in [2.45, 2.75) is 31.8 Å². The molecule has 2 aromatic carbocycles. The lowest BCUT2D eigenvalue weighted by Gasteiger charge is -2.30. The fraction of sp³-hybridized carbons (Fsp3) is 0.346. The molecular weight excluding hydrogens is 434 g/mol. The van der Waals surface area contributed by atoms with Crippen LogP contribution in [0.1, 0.15) is 24.0 Å². The standard InChI is InChI=1S/C26H29N3O3S/c1-18-9-10-22(19(2)15-18)29-23(20-7-5-4-6-8-20)16-27-26(29)33-17-24(30)28-13-11-21(12-14-28)25(31)32-3/h4-10,15-16,21H,11-14,17H2,1-3H3. The highest BCUT2D eigenvalue weighted by Crippen LogP contribution is 2.32. The van der Waals surface area contributed by atoms with E-state index in [1.807, 2.05) is 29.3 Å². The monoisotopic (exact) mass is 463 g/mol. The van der Waals surface area contributed by atoms with E-state index in [1.165, 1.54) is 24.4 Å². The molecule has 0 spiro atoms. The van der Waals surface area contributed by atoms with E-state index in [0.29, 0.717) is 31.7 Å². The van der Waals surface area contributed by atoms with Gasteiger partial charge in [-0.3, -0.25) is 14.2 Å². The molecule has 1 fully saturated rings. The van der Waals surface area contributed by atoms with Gasteiger partial charge in [-0.2, -0.15) is 0 Å². The zero-order valence-electron chi connectivity index (χ0n) is 19.3. The number of piperidine rings is 1. The Morgan fingerprint density at radius 1 is 1.09 bits per heavy atom. The van der Waals surface area contributed by atoms with Crippen LogP contribution in [0.5, 0.6) is 0 Å². The van der Waals surface area contributed by atoms with Crippen LogP contribution in [0.4, 0.5) is 0 Å². The molecule has 3 aromatic rings. The molecule has 2 heterocycles. The summed E-state index contributed by atoms with van der Waals surface area (Å²) in [6.45, 7) is 5.35. The molecule has 4 rings (SSSR count). The molecule has 6 nitrogen and oxygen atoms in total. The molecule has 33 heavy (non-hydrogen) atoms. The zero-order chi connectivity index (χ0) is 23.4. The molecule has 1 aliphatic rings. The smallest absolute Gasteiger partial charge is 0.308 e. The summed E-state index contributed by atoms with van der Waals surface area (Å²) >= 11 is 1.45. The fourth-order valence-electron chi connectivity index (χ4n) is 4.29. The van der Waals surface area contributed by atoms with E-state index in [4.69, 9.17) is 4.74 Å². The van der Waals surface area contributed by atoms with Crippen molar-refractivity contribution in [3.05, 3.63) is 65.9 Å². The normalized spacial score (nSPS) is 14.3. The van der Waals surface area contributed by atoms with Crippen molar-refractivity contribution in [1.29, 1.82) is 0 Å². The van der Waals surface area contributed by atoms with Crippen LogP contribution >= 0.6 is 11.8 Å². The molecule has 1 aliphatic heterocycles. The third kappa shape index (κ3) is 5.14. The van der Waals surface area contributed by atoms with E-state index in [1.54, 1.807) is 0 Å². The predicted molar refractivity (Wildman–Crippen MR) is 131 cm³/mol. The van der Waals surface area contributed by atoms with E-state index in [-0.39, 0.29) is 17.8 Å². The molecule has 1 saturated heterocycles. The number of amides is 1. The largest absolute Gasteiger partial charge is 0.469 e. The quantitative estimate of drug-likeness (QED) is 0.393. The Hall–Kier alpha value is -3.06. The number of carbonyl (C=O) groups is 2. The van der Waals surface area contributed by atoms with Gasteiger partial charge in [0.2, 0.25) is 5.91 Å². The summed E-state index contributed by atoms with van der Waals surface area (Å²) in [4.78, 5) is 31.2. The van der Waals surface area contributed by atoms with Gasteiger partial charge in [0, 0.05) is 18.7 Å². The van der Waals surface area contributed by atoms with Crippen molar-refractivity contribution < 1.29 is 14.3 Å². The van der Waals surface area contributed by atoms with E-state index < -0.39 is 0 Å². The highest BCUT2D eigenvalue weighted by atomic mass is 32.2. The Morgan fingerprint density at radius 2 is 1.82 bits per heavy atom. The second-order valence-electron chi connectivity index (χ2n) is 8.38. The van der Waals surface area contributed by atoms with E-state index in [0.717, 1.165) is 27.7 Å². The van der Waals surface area contributed by atoms with Crippen LogP contribution in [0.15, 0.2) is 59.9 Å². The Bertz CT molecular complexity index is 1130. The molecule has 0 N–H and O–H groups in total. The van der Waals surface area contributed by atoms with Crippen LogP contribution in [0, 0.1) is 19.8 Å². The summed E-state index contributed by atoms with van der Waals surface area (Å²) in [6.07, 6.45) is 3.18. The molecule has 0 unspecified atom stereocenters. The SMILES string of the molecule is COC(=O)C1CCN(C(=O)CSc2ncc(-c3ccccc3)n2-c2ccc(C)cc2C)CC1. The summed E-state index contributed by atoms with van der Waals surface area (Å²) in [5.41, 5.74) is 5.50. The number of likely N-dealkylation sites (tertiary alicyclic amines) is 1. The number of thioether (sulfide) groups is 1. The van der Waals surface area contributed by atoms with Gasteiger partial charge in [0.1, 0.15) is 0 Å². The molecule has 0 bridgehead atoms. The molecular formula is C26H29N3O3S. The third-order valence-corrected chi connectivity index (χ3v) is 7.04. The second-order valence-corrected chi connectivity index (χ2v) is 9.33.